The van der Waals surface area contributed by atoms with Crippen LogP contribution in [0, 0.1) is 23.0 Å². The summed E-state index contributed by atoms with van der Waals surface area (Å²) in [6, 6.07) is 4.56. The van der Waals surface area contributed by atoms with E-state index in [1.54, 1.807) is 12.1 Å². The topological polar surface area (TPSA) is 33.0 Å². The molecule has 0 bridgehead atoms. The largest absolute Gasteiger partial charge is 0.379 e. The van der Waals surface area contributed by atoms with Crippen molar-refractivity contribution in [3.8, 4) is 6.07 Å². The Morgan fingerprint density at radius 3 is 2.47 bits per heavy atom. The van der Waals surface area contributed by atoms with Gasteiger partial charge in [0, 0.05) is 6.61 Å². The van der Waals surface area contributed by atoms with E-state index in [4.69, 9.17) is 10.00 Å². The first-order chi connectivity index (χ1) is 9.17. The number of nitrogens with zero attached hydrogens (tertiary/aromatic N) is 1. The van der Waals surface area contributed by atoms with Crippen LogP contribution in [-0.4, -0.2) is 12.7 Å². The molecule has 0 aromatic heterocycles. The molecule has 1 saturated carbocycles. The molecule has 0 N–H and O–H groups in total. The molecule has 4 heteroatoms. The van der Waals surface area contributed by atoms with Crippen molar-refractivity contribution >= 4 is 0 Å². The summed E-state index contributed by atoms with van der Waals surface area (Å²) < 4.78 is 33.1. The highest BCUT2D eigenvalue weighted by Gasteiger charge is 2.26. The highest BCUT2D eigenvalue weighted by Crippen LogP contribution is 2.36. The van der Waals surface area contributed by atoms with Crippen LogP contribution in [0.5, 0.6) is 0 Å². The van der Waals surface area contributed by atoms with E-state index in [0.717, 1.165) is 25.7 Å². The standard InChI is InChI=1S/C15H17F2NO/c1-2-19-12-6-3-10(4-7-12)13-8-5-11(9-18)14(16)15(13)17/h5,8,10,12H,2-4,6-7H2,1H3/t10-,12-. The lowest BCUT2D eigenvalue weighted by Crippen LogP contribution is -2.21. The zero-order valence-electron chi connectivity index (χ0n) is 11.0. The third-order valence-electron chi connectivity index (χ3n) is 3.75. The molecule has 2 nitrogen and oxygen atoms in total. The molecule has 19 heavy (non-hydrogen) atoms. The van der Waals surface area contributed by atoms with Gasteiger partial charge in [0.25, 0.3) is 0 Å². The van der Waals surface area contributed by atoms with E-state index >= 15 is 0 Å². The molecule has 2 rings (SSSR count). The Hall–Kier alpha value is -1.47. The van der Waals surface area contributed by atoms with Gasteiger partial charge in [0.15, 0.2) is 11.6 Å². The molecule has 0 aliphatic heterocycles. The van der Waals surface area contributed by atoms with Gasteiger partial charge in [-0.15, -0.1) is 0 Å². The monoisotopic (exact) mass is 265 g/mol. The van der Waals surface area contributed by atoms with Gasteiger partial charge in [0.1, 0.15) is 6.07 Å². The molecule has 1 aliphatic carbocycles. The molecule has 1 fully saturated rings. The third kappa shape index (κ3) is 2.93. The summed E-state index contributed by atoms with van der Waals surface area (Å²) >= 11 is 0. The van der Waals surface area contributed by atoms with E-state index < -0.39 is 11.6 Å². The fourth-order valence-electron chi connectivity index (χ4n) is 2.74. The second-order valence-corrected chi connectivity index (χ2v) is 4.87. The molecule has 0 atom stereocenters. The van der Waals surface area contributed by atoms with E-state index in [2.05, 4.69) is 0 Å². The summed E-state index contributed by atoms with van der Waals surface area (Å²) in [6.45, 7) is 2.65. The highest BCUT2D eigenvalue weighted by molar-refractivity contribution is 5.36. The number of rotatable bonds is 3. The first-order valence-electron chi connectivity index (χ1n) is 6.67. The van der Waals surface area contributed by atoms with E-state index in [-0.39, 0.29) is 17.6 Å². The molecular weight excluding hydrogens is 248 g/mol. The number of hydrogen-bond donors (Lipinski definition) is 0. The van der Waals surface area contributed by atoms with Gasteiger partial charge in [-0.1, -0.05) is 6.07 Å². The van der Waals surface area contributed by atoms with Crippen LogP contribution in [0.4, 0.5) is 8.78 Å². The van der Waals surface area contributed by atoms with Crippen molar-refractivity contribution in [2.45, 2.75) is 44.6 Å². The molecule has 0 unspecified atom stereocenters. The Bertz CT molecular complexity index is 488. The van der Waals surface area contributed by atoms with Crippen LogP contribution in [0.3, 0.4) is 0 Å². The summed E-state index contributed by atoms with van der Waals surface area (Å²) in [6.07, 6.45) is 3.59. The van der Waals surface area contributed by atoms with Gasteiger partial charge >= 0.3 is 0 Å². The number of nitriles is 1. The molecule has 0 radical (unpaired) electrons. The van der Waals surface area contributed by atoms with Crippen molar-refractivity contribution in [3.05, 3.63) is 34.9 Å². The molecule has 1 aromatic rings. The fourth-order valence-corrected chi connectivity index (χ4v) is 2.74. The van der Waals surface area contributed by atoms with E-state index in [9.17, 15) is 8.78 Å². The summed E-state index contributed by atoms with van der Waals surface area (Å²) in [5.74, 6) is -1.86. The number of ether oxygens (including phenoxy) is 1. The molecule has 0 saturated heterocycles. The second kappa shape index (κ2) is 6.12. The third-order valence-corrected chi connectivity index (χ3v) is 3.75. The van der Waals surface area contributed by atoms with Crippen LogP contribution in [-0.2, 0) is 4.74 Å². The van der Waals surface area contributed by atoms with Crippen LogP contribution in [0.2, 0.25) is 0 Å². The lowest BCUT2D eigenvalue weighted by atomic mass is 9.82. The average Bonchev–Trinajstić information content (AvgIpc) is 2.43. The first kappa shape index (κ1) is 14.0. The Kier molecular flexibility index (Phi) is 4.49. The van der Waals surface area contributed by atoms with Gasteiger partial charge in [0.2, 0.25) is 0 Å². The van der Waals surface area contributed by atoms with Crippen molar-refractivity contribution < 1.29 is 13.5 Å². The van der Waals surface area contributed by atoms with Crippen molar-refractivity contribution in [1.29, 1.82) is 5.26 Å². The lowest BCUT2D eigenvalue weighted by molar-refractivity contribution is 0.0325. The minimum absolute atomic E-state index is 0.0268. The van der Waals surface area contributed by atoms with E-state index in [1.165, 1.54) is 6.07 Å². The Morgan fingerprint density at radius 1 is 1.21 bits per heavy atom. The van der Waals surface area contributed by atoms with Crippen LogP contribution in [0.1, 0.15) is 49.7 Å². The van der Waals surface area contributed by atoms with Gasteiger partial charge < -0.3 is 4.74 Å². The predicted molar refractivity (Wildman–Crippen MR) is 67.7 cm³/mol. The minimum Gasteiger partial charge on any atom is -0.379 e. The lowest BCUT2D eigenvalue weighted by Gasteiger charge is -2.28. The maximum atomic E-state index is 13.9. The quantitative estimate of drug-likeness (QED) is 0.830. The van der Waals surface area contributed by atoms with Crippen molar-refractivity contribution in [1.82, 2.24) is 0 Å². The van der Waals surface area contributed by atoms with Crippen molar-refractivity contribution in [2.75, 3.05) is 6.61 Å². The average molecular weight is 265 g/mol. The Morgan fingerprint density at radius 2 is 1.89 bits per heavy atom. The summed E-state index contributed by atoms with van der Waals surface area (Å²) in [7, 11) is 0. The zero-order valence-corrected chi connectivity index (χ0v) is 11.0. The minimum atomic E-state index is -1.02. The van der Waals surface area contributed by atoms with Gasteiger partial charge in [-0.05, 0) is 50.2 Å². The van der Waals surface area contributed by atoms with Crippen LogP contribution in [0.15, 0.2) is 12.1 Å². The predicted octanol–water partition coefficient (Wildman–Crippen LogP) is 3.90. The molecule has 0 amide bonds. The van der Waals surface area contributed by atoms with Crippen molar-refractivity contribution in [3.63, 3.8) is 0 Å². The summed E-state index contributed by atoms with van der Waals surface area (Å²) in [4.78, 5) is 0. The normalized spacial score (nSPS) is 23.1. The van der Waals surface area contributed by atoms with Crippen molar-refractivity contribution in [2.24, 2.45) is 0 Å². The first-order valence-corrected chi connectivity index (χ1v) is 6.67. The fraction of sp³-hybridized carbons (Fsp3) is 0.533. The van der Waals surface area contributed by atoms with E-state index in [0.29, 0.717) is 12.2 Å². The molecule has 1 aromatic carbocycles. The van der Waals surface area contributed by atoms with Gasteiger partial charge in [-0.3, -0.25) is 0 Å². The maximum absolute atomic E-state index is 13.9. The highest BCUT2D eigenvalue weighted by atomic mass is 19.2. The second-order valence-electron chi connectivity index (χ2n) is 4.87. The molecule has 102 valence electrons. The number of hydrogen-bond acceptors (Lipinski definition) is 2. The SMILES string of the molecule is CCO[C@H]1CC[C@H](c2ccc(C#N)c(F)c2F)CC1. The van der Waals surface area contributed by atoms with Gasteiger partial charge in [-0.25, -0.2) is 8.78 Å². The van der Waals surface area contributed by atoms with Crippen LogP contribution < -0.4 is 0 Å². The van der Waals surface area contributed by atoms with Crippen LogP contribution >= 0.6 is 0 Å². The Balaban J connectivity index is 2.12. The van der Waals surface area contributed by atoms with E-state index in [1.807, 2.05) is 6.92 Å². The molecule has 1 aliphatic rings. The summed E-state index contributed by atoms with van der Waals surface area (Å²) in [5.41, 5.74) is 0.163. The number of benzene rings is 1. The van der Waals surface area contributed by atoms with Crippen LogP contribution in [0.25, 0.3) is 0 Å². The maximum Gasteiger partial charge on any atom is 0.176 e. The van der Waals surface area contributed by atoms with Gasteiger partial charge in [-0.2, -0.15) is 5.26 Å². The Labute approximate surface area is 112 Å². The zero-order chi connectivity index (χ0) is 13.8. The molecule has 0 spiro atoms. The molecule has 0 heterocycles. The smallest absolute Gasteiger partial charge is 0.176 e. The summed E-state index contributed by atoms with van der Waals surface area (Å²) in [5, 5.41) is 8.66. The van der Waals surface area contributed by atoms with Gasteiger partial charge in [0.05, 0.1) is 11.7 Å². The number of halogens is 2. The molecular formula is C15H17F2NO.